The second-order valence-electron chi connectivity index (χ2n) is 3.61. The molecule has 0 aromatic rings. The van der Waals surface area contributed by atoms with Gasteiger partial charge >= 0.3 is 7.32 Å². The van der Waals surface area contributed by atoms with Crippen LogP contribution in [0.15, 0.2) is 0 Å². The van der Waals surface area contributed by atoms with Crippen molar-refractivity contribution < 1.29 is 22.4 Å². The Morgan fingerprint density at radius 3 is 1.86 bits per heavy atom. The zero-order chi connectivity index (χ0) is 11.4. The first-order valence-corrected chi connectivity index (χ1v) is 5.15. The summed E-state index contributed by atoms with van der Waals surface area (Å²) in [6.07, 6.45) is 0. The maximum atomic E-state index is 9.77. The average Bonchev–Trinajstić information content (AvgIpc) is 2.04. The minimum absolute atomic E-state index is 0.141. The van der Waals surface area contributed by atoms with Crippen LogP contribution in [0.4, 0.5) is 0 Å². The first-order valence-electron chi connectivity index (χ1n) is 3.86. The Morgan fingerprint density at radius 2 is 1.57 bits per heavy atom. The Hall–Kier alpha value is 0.825. The highest BCUT2D eigenvalue weighted by atomic mass is 79.9. The van der Waals surface area contributed by atoms with Crippen LogP contribution in [0.1, 0.15) is 20.8 Å². The van der Waals surface area contributed by atoms with Gasteiger partial charge in [0.2, 0.25) is 0 Å². The van der Waals surface area contributed by atoms with E-state index in [-0.39, 0.29) is 6.61 Å². The van der Waals surface area contributed by atoms with Gasteiger partial charge in [0.25, 0.3) is 0 Å². The lowest BCUT2D eigenvalue weighted by atomic mass is 9.88. The molecule has 84 valence electrons. The predicted molar refractivity (Wildman–Crippen MR) is 58.7 cm³/mol. The molecule has 0 aliphatic rings. The van der Waals surface area contributed by atoms with Gasteiger partial charge in [0.05, 0.1) is 44.7 Å². The lowest BCUT2D eigenvalue weighted by molar-refractivity contribution is -0.141. The van der Waals surface area contributed by atoms with Crippen LogP contribution in [0, 0.1) is 0 Å². The van der Waals surface area contributed by atoms with E-state index < -0.39 is 18.5 Å². The van der Waals surface area contributed by atoms with Gasteiger partial charge in [-0.15, -0.1) is 0 Å². The van der Waals surface area contributed by atoms with Crippen molar-refractivity contribution in [1.29, 1.82) is 0 Å². The number of halogens is 2. The summed E-state index contributed by atoms with van der Waals surface area (Å²) in [5.41, 5.74) is -2.68. The van der Waals surface area contributed by atoms with Gasteiger partial charge in [-0.05, 0) is 20.8 Å². The lowest BCUT2D eigenvalue weighted by Crippen LogP contribution is -2.52. The summed E-state index contributed by atoms with van der Waals surface area (Å²) in [5, 5.41) is 19.3. The molecule has 1 unspecified atom stereocenters. The second kappa shape index (κ2) is 5.79. The van der Waals surface area contributed by atoms with Crippen LogP contribution in [-0.2, 0) is 12.1 Å². The third-order valence-corrected chi connectivity index (χ3v) is 2.57. The van der Waals surface area contributed by atoms with Crippen molar-refractivity contribution in [1.82, 2.24) is 0 Å². The van der Waals surface area contributed by atoms with Crippen LogP contribution in [0.2, 0.25) is 0 Å². The molecule has 5 nitrogen and oxygen atoms in total. The van der Waals surface area contributed by atoms with E-state index in [1.165, 1.54) is 20.8 Å². The van der Waals surface area contributed by atoms with Gasteiger partial charge in [0.15, 0.2) is 0 Å². The van der Waals surface area contributed by atoms with Crippen molar-refractivity contribution in [3.8, 4) is 0 Å². The van der Waals surface area contributed by atoms with Gasteiger partial charge in [-0.2, -0.15) is 0 Å². The normalized spacial score (nSPS) is 16.5. The Kier molecular flexibility index (Phi) is 6.13. The summed E-state index contributed by atoms with van der Waals surface area (Å²) >= 11 is 5.34. The van der Waals surface area contributed by atoms with Crippen molar-refractivity contribution >= 4 is 39.8 Å². The quantitative estimate of drug-likeness (QED) is 0.713. The predicted octanol–water partition coefficient (Wildman–Crippen LogP) is 1.16. The number of aliphatic hydroxyl groups is 2. The van der Waals surface area contributed by atoms with E-state index in [9.17, 15) is 10.2 Å². The van der Waals surface area contributed by atoms with Crippen LogP contribution >= 0.6 is 32.5 Å². The topological polar surface area (TPSA) is 68.2 Å². The Morgan fingerprint density at radius 1 is 1.14 bits per heavy atom. The first-order chi connectivity index (χ1) is 6.24. The number of hydrogen-bond acceptors (Lipinski definition) is 5. The molecule has 0 saturated carbocycles. The van der Waals surface area contributed by atoms with E-state index in [1.54, 1.807) is 0 Å². The molecule has 0 aromatic heterocycles. The highest BCUT2D eigenvalue weighted by Crippen LogP contribution is 2.22. The molecule has 0 heterocycles. The molecule has 0 saturated heterocycles. The molecule has 14 heavy (non-hydrogen) atoms. The molecular weight excluding hydrogens is 323 g/mol. The molecule has 1 atom stereocenters. The van der Waals surface area contributed by atoms with Crippen LogP contribution in [0.5, 0.6) is 0 Å². The zero-order valence-corrected chi connectivity index (χ0v) is 11.3. The van der Waals surface area contributed by atoms with Crippen LogP contribution in [-0.4, -0.2) is 35.3 Å². The summed E-state index contributed by atoms with van der Waals surface area (Å²) in [6, 6.07) is 0. The van der Waals surface area contributed by atoms with Gasteiger partial charge in [-0.3, -0.25) is 0 Å². The smallest absolute Gasteiger partial charge is 0.387 e. The molecule has 0 aromatic carbocycles. The lowest BCUT2D eigenvalue weighted by Gasteiger charge is -2.35. The molecule has 8 heteroatoms. The van der Waals surface area contributed by atoms with Gasteiger partial charge in [0.1, 0.15) is 5.60 Å². The number of rotatable bonds is 6. The SMILES string of the molecule is CC(C)(O)C(C)(O)COB(OBr)OBr. The molecule has 0 aliphatic heterocycles. The third kappa shape index (κ3) is 4.56. The maximum absolute atomic E-state index is 9.77. The van der Waals surface area contributed by atoms with E-state index in [0.717, 1.165) is 0 Å². The summed E-state index contributed by atoms with van der Waals surface area (Å²) < 4.78 is 14.1. The van der Waals surface area contributed by atoms with Crippen molar-refractivity contribution in [2.45, 2.75) is 32.0 Å². The fourth-order valence-corrected chi connectivity index (χ4v) is 1.05. The van der Waals surface area contributed by atoms with Gasteiger partial charge in [-0.1, -0.05) is 0 Å². The zero-order valence-electron chi connectivity index (χ0n) is 8.16. The van der Waals surface area contributed by atoms with Crippen LogP contribution in [0.3, 0.4) is 0 Å². The molecule has 0 radical (unpaired) electrons. The van der Waals surface area contributed by atoms with E-state index in [1.807, 2.05) is 0 Å². The Labute approximate surface area is 101 Å². The summed E-state index contributed by atoms with van der Waals surface area (Å²) in [4.78, 5) is 0. The van der Waals surface area contributed by atoms with Crippen molar-refractivity contribution in [3.05, 3.63) is 0 Å². The van der Waals surface area contributed by atoms with Crippen LogP contribution in [0.25, 0.3) is 0 Å². The Balaban J connectivity index is 4.11. The molecular formula is C6H13BBr2O5. The molecule has 0 bridgehead atoms. The highest BCUT2D eigenvalue weighted by molar-refractivity contribution is 9.06. The second-order valence-corrected chi connectivity index (χ2v) is 4.36. The molecule has 0 fully saturated rings. The minimum Gasteiger partial charge on any atom is -0.387 e. The van der Waals surface area contributed by atoms with Crippen molar-refractivity contribution in [3.63, 3.8) is 0 Å². The maximum Gasteiger partial charge on any atom is 0.662 e. The highest BCUT2D eigenvalue weighted by Gasteiger charge is 2.39. The Bertz CT molecular complexity index is 168. The first kappa shape index (κ1) is 14.8. The largest absolute Gasteiger partial charge is 0.662 e. The summed E-state index contributed by atoms with van der Waals surface area (Å²) in [5.74, 6) is 0. The van der Waals surface area contributed by atoms with E-state index in [4.69, 9.17) is 4.65 Å². The molecule has 0 spiro atoms. The van der Waals surface area contributed by atoms with Crippen molar-refractivity contribution in [2.75, 3.05) is 6.61 Å². The van der Waals surface area contributed by atoms with Gasteiger partial charge in [-0.25, -0.2) is 0 Å². The fraction of sp³-hybridized carbons (Fsp3) is 1.00. The fourth-order valence-electron chi connectivity index (χ4n) is 0.472. The molecule has 2 N–H and O–H groups in total. The standard InChI is InChI=1S/C6H13BBr2O5/c1-5(2,10)6(3,11)4-12-7(13-8)14-9/h10-11H,4H2,1-3H3. The summed E-state index contributed by atoms with van der Waals surface area (Å²) in [7, 11) is -0.996. The monoisotopic (exact) mass is 334 g/mol. The summed E-state index contributed by atoms with van der Waals surface area (Å²) in [6.45, 7) is 4.27. The van der Waals surface area contributed by atoms with E-state index in [2.05, 4.69) is 40.0 Å². The number of hydrogen-bond donors (Lipinski definition) is 2. The minimum atomic E-state index is -1.40. The van der Waals surface area contributed by atoms with Crippen molar-refractivity contribution in [2.24, 2.45) is 0 Å². The van der Waals surface area contributed by atoms with E-state index >= 15 is 0 Å². The van der Waals surface area contributed by atoms with Crippen LogP contribution < -0.4 is 0 Å². The molecule has 0 amide bonds. The molecule has 0 rings (SSSR count). The van der Waals surface area contributed by atoms with Gasteiger partial charge in [0, 0.05) is 0 Å². The van der Waals surface area contributed by atoms with E-state index in [0.29, 0.717) is 0 Å². The molecule has 0 aliphatic carbocycles. The average molecular weight is 336 g/mol. The van der Waals surface area contributed by atoms with Gasteiger partial charge < -0.3 is 22.4 Å². The third-order valence-electron chi connectivity index (χ3n) is 1.96.